The van der Waals surface area contributed by atoms with Gasteiger partial charge in [0.1, 0.15) is 11.6 Å². The highest BCUT2D eigenvalue weighted by molar-refractivity contribution is 9.10. The van der Waals surface area contributed by atoms with Crippen molar-refractivity contribution in [2.24, 2.45) is 5.41 Å². The molecule has 0 saturated carbocycles. The third kappa shape index (κ3) is 4.84. The predicted molar refractivity (Wildman–Crippen MR) is 112 cm³/mol. The van der Waals surface area contributed by atoms with E-state index in [2.05, 4.69) is 35.9 Å². The fourth-order valence-electron chi connectivity index (χ4n) is 3.60. The van der Waals surface area contributed by atoms with E-state index in [0.29, 0.717) is 16.7 Å². The number of nitrogens with zero attached hydrogens (tertiary/aromatic N) is 2. The van der Waals surface area contributed by atoms with Gasteiger partial charge in [0, 0.05) is 42.0 Å². The number of anilines is 2. The zero-order chi connectivity index (χ0) is 21.4. The number of halogens is 4. The molecule has 0 atom stereocenters. The van der Waals surface area contributed by atoms with Gasteiger partial charge in [-0.25, -0.2) is 4.98 Å². The maximum Gasteiger partial charge on any atom is 0.487 e. The molecule has 2 aliphatic heterocycles. The van der Waals surface area contributed by atoms with Crippen molar-refractivity contribution in [3.63, 3.8) is 0 Å². The molecule has 2 fully saturated rings. The highest BCUT2D eigenvalue weighted by Gasteiger charge is 2.41. The van der Waals surface area contributed by atoms with Crippen LogP contribution in [0.2, 0.25) is 0 Å². The third-order valence-corrected chi connectivity index (χ3v) is 6.03. The second-order valence-electron chi connectivity index (χ2n) is 7.54. The van der Waals surface area contributed by atoms with Gasteiger partial charge in [0.05, 0.1) is 23.2 Å². The lowest BCUT2D eigenvalue weighted by Gasteiger charge is -2.47. The second-order valence-corrected chi connectivity index (χ2v) is 8.83. The summed E-state index contributed by atoms with van der Waals surface area (Å²) in [6.07, 6.45) is 3.66. The summed E-state index contributed by atoms with van der Waals surface area (Å²) in [7, 11) is 0. The minimum absolute atomic E-state index is 0.112. The van der Waals surface area contributed by atoms with E-state index in [9.17, 15) is 13.6 Å². The van der Waals surface area contributed by atoms with Crippen molar-refractivity contribution in [3.05, 3.63) is 46.6 Å². The highest BCUT2D eigenvalue weighted by atomic mass is 79.9. The summed E-state index contributed by atoms with van der Waals surface area (Å²) < 4.78 is 35.7. The minimum atomic E-state index is -3.79. The lowest BCUT2D eigenvalue weighted by molar-refractivity contribution is -0.124. The molecule has 1 N–H and O–H groups in total. The van der Waals surface area contributed by atoms with Gasteiger partial charge in [-0.15, -0.1) is 8.78 Å². The van der Waals surface area contributed by atoms with E-state index in [4.69, 9.17) is 16.3 Å². The summed E-state index contributed by atoms with van der Waals surface area (Å²) in [5.74, 6) is 0.332. The van der Waals surface area contributed by atoms with Crippen LogP contribution in [-0.4, -0.2) is 42.8 Å². The molecule has 0 unspecified atom stereocenters. The van der Waals surface area contributed by atoms with Crippen molar-refractivity contribution in [3.8, 4) is 5.75 Å². The average molecular weight is 503 g/mol. The van der Waals surface area contributed by atoms with Crippen molar-refractivity contribution in [1.82, 2.24) is 4.98 Å². The number of piperidine rings is 1. The zero-order valence-electron chi connectivity index (χ0n) is 15.8. The molecule has 6 nitrogen and oxygen atoms in total. The Kier molecular flexibility index (Phi) is 5.87. The Morgan fingerprint density at radius 3 is 2.47 bits per heavy atom. The second kappa shape index (κ2) is 8.28. The molecule has 0 radical (unpaired) electrons. The van der Waals surface area contributed by atoms with E-state index in [1.165, 1.54) is 30.5 Å². The van der Waals surface area contributed by atoms with E-state index >= 15 is 0 Å². The number of carbonyl (C=O) groups is 1. The number of hydrogen-bond acceptors (Lipinski definition) is 5. The summed E-state index contributed by atoms with van der Waals surface area (Å²) >= 11 is 8.26. The summed E-state index contributed by atoms with van der Waals surface area (Å²) in [5, 5.41) is 2.70. The van der Waals surface area contributed by atoms with E-state index < -0.39 is 5.57 Å². The molecular weight excluding hydrogens is 484 g/mol. The molecule has 1 aromatic heterocycles. The monoisotopic (exact) mass is 501 g/mol. The molecule has 0 bridgehead atoms. The Hall–Kier alpha value is -1.97. The molecule has 2 aliphatic rings. The van der Waals surface area contributed by atoms with Gasteiger partial charge in [-0.2, -0.15) is 0 Å². The number of hydrogen-bond donors (Lipinski definition) is 1. The fourth-order valence-corrected chi connectivity index (χ4v) is 4.29. The molecule has 1 amide bonds. The first-order valence-corrected chi connectivity index (χ1v) is 10.6. The number of amides is 1. The van der Waals surface area contributed by atoms with Crippen molar-refractivity contribution in [2.45, 2.75) is 18.4 Å². The Balaban J connectivity index is 1.38. The molecule has 1 aromatic carbocycles. The Morgan fingerprint density at radius 2 is 1.93 bits per heavy atom. The van der Waals surface area contributed by atoms with E-state index in [0.717, 1.165) is 49.4 Å². The normalized spacial score (nSPS) is 18.1. The minimum Gasteiger partial charge on any atom is -0.420 e. The molecule has 30 heavy (non-hydrogen) atoms. The number of ether oxygens (including phenoxy) is 2. The number of benzene rings is 1. The van der Waals surface area contributed by atoms with Crippen molar-refractivity contribution >= 4 is 44.9 Å². The molecule has 4 rings (SSSR count). The lowest BCUT2D eigenvalue weighted by Crippen LogP contribution is -2.51. The van der Waals surface area contributed by atoms with Gasteiger partial charge in [-0.3, -0.25) is 4.79 Å². The van der Waals surface area contributed by atoms with Crippen LogP contribution in [0.5, 0.6) is 5.75 Å². The van der Waals surface area contributed by atoms with Crippen LogP contribution in [0.3, 0.4) is 0 Å². The van der Waals surface area contributed by atoms with Crippen LogP contribution in [-0.2, 0) is 4.74 Å². The van der Waals surface area contributed by atoms with Crippen LogP contribution in [0, 0.1) is 5.41 Å². The molecule has 160 valence electrons. The summed E-state index contributed by atoms with van der Waals surface area (Å²) in [5.41, 5.74) is -2.65. The summed E-state index contributed by atoms with van der Waals surface area (Å²) in [6, 6.07) is 7.19. The highest BCUT2D eigenvalue weighted by Crippen LogP contribution is 2.40. The van der Waals surface area contributed by atoms with Crippen LogP contribution in [0.1, 0.15) is 23.2 Å². The van der Waals surface area contributed by atoms with Crippen LogP contribution >= 0.6 is 27.5 Å². The average Bonchev–Trinajstić information content (AvgIpc) is 2.67. The van der Waals surface area contributed by atoms with Gasteiger partial charge in [-0.05, 0) is 59.1 Å². The number of carbonyl (C=O) groups excluding carboxylic acids is 1. The largest absolute Gasteiger partial charge is 0.487 e. The van der Waals surface area contributed by atoms with Crippen molar-refractivity contribution in [2.75, 3.05) is 36.5 Å². The molecule has 0 aliphatic carbocycles. The Morgan fingerprint density at radius 1 is 1.27 bits per heavy atom. The van der Waals surface area contributed by atoms with Gasteiger partial charge in [-0.1, -0.05) is 0 Å². The smallest absolute Gasteiger partial charge is 0.420 e. The van der Waals surface area contributed by atoms with E-state index in [1.807, 2.05) is 0 Å². The lowest BCUT2D eigenvalue weighted by atomic mass is 9.77. The van der Waals surface area contributed by atoms with Crippen molar-refractivity contribution < 1.29 is 23.0 Å². The number of pyridine rings is 1. The van der Waals surface area contributed by atoms with Crippen LogP contribution in [0.4, 0.5) is 20.3 Å². The first-order valence-electron chi connectivity index (χ1n) is 9.39. The van der Waals surface area contributed by atoms with Crippen molar-refractivity contribution in [1.29, 1.82) is 0 Å². The molecular formula is C20H19BrClF2N3O3. The van der Waals surface area contributed by atoms with E-state index in [-0.39, 0.29) is 11.7 Å². The Bertz CT molecular complexity index is 926. The SMILES string of the molecule is O=C(Nc1ccc(OC(F)(F)Cl)cc1)c1cnc(N2CCC3(CC2)COC3)c(Br)c1. The fraction of sp³-hybridized carbons (Fsp3) is 0.400. The van der Waals surface area contributed by atoms with Gasteiger partial charge in [0.15, 0.2) is 0 Å². The summed E-state index contributed by atoms with van der Waals surface area (Å²) in [4.78, 5) is 19.2. The van der Waals surface area contributed by atoms with Gasteiger partial charge in [0.2, 0.25) is 0 Å². The van der Waals surface area contributed by atoms with Crippen LogP contribution in [0.15, 0.2) is 41.0 Å². The molecule has 1 spiro atoms. The molecule has 3 heterocycles. The first kappa shape index (κ1) is 21.3. The van der Waals surface area contributed by atoms with Gasteiger partial charge >= 0.3 is 5.57 Å². The quantitative estimate of drug-likeness (QED) is 0.591. The van der Waals surface area contributed by atoms with Gasteiger partial charge in [0.25, 0.3) is 5.91 Å². The van der Waals surface area contributed by atoms with Gasteiger partial charge < -0.3 is 19.7 Å². The van der Waals surface area contributed by atoms with Crippen LogP contribution in [0.25, 0.3) is 0 Å². The number of rotatable bonds is 5. The number of aromatic nitrogens is 1. The maximum absolute atomic E-state index is 12.7. The van der Waals surface area contributed by atoms with E-state index in [1.54, 1.807) is 6.07 Å². The van der Waals surface area contributed by atoms with Crippen LogP contribution < -0.4 is 15.0 Å². The maximum atomic E-state index is 12.7. The Labute approximate surface area is 185 Å². The third-order valence-electron chi connectivity index (χ3n) is 5.37. The number of alkyl halides is 3. The predicted octanol–water partition coefficient (Wildman–Crippen LogP) is 4.88. The molecule has 10 heteroatoms. The first-order chi connectivity index (χ1) is 14.2. The molecule has 2 saturated heterocycles. The standard InChI is InChI=1S/C20H19BrClF2N3O3/c21-16-9-13(10-25-17(16)27-7-5-19(6-8-27)11-29-12-19)18(28)26-14-1-3-15(4-2-14)30-20(22,23)24/h1-4,9-10H,5-8,11-12H2,(H,26,28). The number of nitrogens with one attached hydrogen (secondary N) is 1. The zero-order valence-corrected chi connectivity index (χ0v) is 18.2. The molecule has 2 aromatic rings. The summed E-state index contributed by atoms with van der Waals surface area (Å²) in [6.45, 7) is 3.48. The topological polar surface area (TPSA) is 63.7 Å².